The van der Waals surface area contributed by atoms with Gasteiger partial charge in [0.05, 0.1) is 18.2 Å². The van der Waals surface area contributed by atoms with E-state index in [2.05, 4.69) is 24.5 Å². The van der Waals surface area contributed by atoms with Gasteiger partial charge >= 0.3 is 49.4 Å². The molecule has 3 atom stereocenters. The van der Waals surface area contributed by atoms with Crippen molar-refractivity contribution >= 4 is 70.5 Å². The number of carboxylic acid groups (broad SMARTS) is 2. The lowest BCUT2D eigenvalue weighted by Crippen LogP contribution is -2.35. The number of benzene rings is 2. The molecule has 2 aromatic heterocycles. The number of aliphatic carboxylic acids is 1. The van der Waals surface area contributed by atoms with Crippen LogP contribution in [-0.2, 0) is 35.3 Å². The lowest BCUT2D eigenvalue weighted by atomic mass is 10.1. The number of sulfonamides is 1. The van der Waals surface area contributed by atoms with Crippen molar-refractivity contribution in [3.63, 3.8) is 0 Å². The molecule has 0 radical (unpaired) electrons. The molecule has 67 heavy (non-hydrogen) atoms. The van der Waals surface area contributed by atoms with Crippen molar-refractivity contribution in [2.24, 2.45) is 5.73 Å². The Labute approximate surface area is 382 Å². The number of ether oxygens (including phenoxy) is 3. The monoisotopic (exact) mass is 1050 g/mol. The van der Waals surface area contributed by atoms with E-state index in [-0.39, 0.29) is 52.3 Å². The molecule has 22 nitrogen and oxygen atoms in total. The van der Waals surface area contributed by atoms with Crippen LogP contribution >= 0.6 is 30.6 Å². The number of carbonyl (C=O) groups is 4. The van der Waals surface area contributed by atoms with Crippen LogP contribution in [0.15, 0.2) is 52.2 Å². The Morgan fingerprint density at radius 2 is 1.55 bits per heavy atom. The van der Waals surface area contributed by atoms with Crippen LogP contribution in [0.2, 0.25) is 5.02 Å². The van der Waals surface area contributed by atoms with Gasteiger partial charge in [0, 0.05) is 24.3 Å². The second kappa shape index (κ2) is 25.2. The van der Waals surface area contributed by atoms with Crippen LogP contribution in [0.5, 0.6) is 11.8 Å². The molecule has 33 heteroatoms. The van der Waals surface area contributed by atoms with E-state index in [1.165, 1.54) is 30.4 Å². The van der Waals surface area contributed by atoms with Crippen LogP contribution in [0.1, 0.15) is 41.6 Å². The van der Waals surface area contributed by atoms with Crippen molar-refractivity contribution in [2.75, 3.05) is 24.8 Å². The standard InChI is InChI=1S/C15H14Cl2F3N3O3.C14H10F4N4O7S.C5H12NO4P/c1-3-26-13(24)10(17)4-8-5-12(11(18)6-9(8)16)23-15(25)22(14(19)20)7(2)21-23;15-11(16)28-8-5-9(29-12(17)18)20-13(19-8)21-14(25)22-30(26,27)7-4-2-1-3-6(7)10(23)24;1-11(9,10)3-2-4(6)5(7)8/h5-6,10,14H,3-4H2,1-2H3;1-5,11-12H,(H,23,24)(H2,19,20,21,22,25);4H,2-3,6H2,1H3,(H,7,8)(H,9,10). The number of nitrogens with two attached hydrogens (primary N) is 1. The molecule has 2 aromatic carbocycles. The zero-order valence-corrected chi connectivity index (χ0v) is 37.4. The minimum absolute atomic E-state index is 0.0412. The normalized spacial score (nSPS) is 13.0. The summed E-state index contributed by atoms with van der Waals surface area (Å²) in [6, 6.07) is 4.22. The first-order chi connectivity index (χ1) is 31.0. The van der Waals surface area contributed by atoms with Gasteiger partial charge in [-0.3, -0.25) is 19.5 Å². The molecule has 0 saturated heterocycles. The quantitative estimate of drug-likeness (QED) is 0.0337. The van der Waals surface area contributed by atoms with Crippen molar-refractivity contribution in [3.05, 3.63) is 80.7 Å². The smallest absolute Gasteiger partial charge is 0.388 e. The van der Waals surface area contributed by atoms with Gasteiger partial charge in [-0.1, -0.05) is 23.7 Å². The van der Waals surface area contributed by atoms with Gasteiger partial charge in [0.15, 0.2) is 13.2 Å². The van der Waals surface area contributed by atoms with Crippen LogP contribution in [0.25, 0.3) is 5.69 Å². The fourth-order valence-corrected chi connectivity index (χ4v) is 7.04. The number of nitrogens with one attached hydrogen (secondary N) is 2. The van der Waals surface area contributed by atoms with Crippen LogP contribution < -0.4 is 30.9 Å². The van der Waals surface area contributed by atoms with Gasteiger partial charge in [0.25, 0.3) is 10.0 Å². The Morgan fingerprint density at radius 1 is 0.985 bits per heavy atom. The number of rotatable bonds is 18. The number of anilines is 1. The van der Waals surface area contributed by atoms with Crippen molar-refractivity contribution in [1.82, 2.24) is 29.0 Å². The second-order valence-electron chi connectivity index (χ2n) is 12.7. The number of halogens is 9. The molecule has 4 rings (SSSR count). The molecule has 2 heterocycles. The van der Waals surface area contributed by atoms with E-state index in [0.717, 1.165) is 24.3 Å². The minimum Gasteiger partial charge on any atom is -0.480 e. The van der Waals surface area contributed by atoms with E-state index in [1.807, 2.05) is 0 Å². The number of esters is 1. The third kappa shape index (κ3) is 18.3. The Hall–Kier alpha value is -6.07. The topological polar surface area (TPSA) is 324 Å². The molecule has 0 fully saturated rings. The van der Waals surface area contributed by atoms with Crippen LogP contribution in [0.3, 0.4) is 0 Å². The van der Waals surface area contributed by atoms with Gasteiger partial charge in [0.1, 0.15) is 27.8 Å². The summed E-state index contributed by atoms with van der Waals surface area (Å²) in [4.78, 5) is 71.4. The number of carboxylic acids is 2. The zero-order valence-electron chi connectivity index (χ0n) is 34.2. The molecule has 0 aliphatic heterocycles. The third-order valence-corrected chi connectivity index (χ3v) is 10.8. The highest BCUT2D eigenvalue weighted by Gasteiger charge is 2.26. The fourth-order valence-electron chi connectivity index (χ4n) is 4.71. The van der Waals surface area contributed by atoms with Gasteiger partial charge < -0.3 is 35.1 Å². The highest BCUT2D eigenvalue weighted by Crippen LogP contribution is 2.35. The summed E-state index contributed by atoms with van der Waals surface area (Å²) in [5, 5.41) is 21.5. The number of alkyl halides is 7. The van der Waals surface area contributed by atoms with Crippen LogP contribution in [0.4, 0.5) is 41.5 Å². The first-order valence-electron chi connectivity index (χ1n) is 18.0. The number of aromatic carboxylic acids is 1. The molecular weight excluding hydrogens is 1010 g/mol. The van der Waals surface area contributed by atoms with E-state index in [1.54, 1.807) is 12.2 Å². The van der Waals surface area contributed by atoms with E-state index < -0.39 is 112 Å². The maximum atomic E-state index is 14.2. The minimum atomic E-state index is -4.71. The van der Waals surface area contributed by atoms with Crippen molar-refractivity contribution < 1.29 is 92.2 Å². The molecule has 4 aromatic rings. The maximum absolute atomic E-state index is 14.2. The summed E-state index contributed by atoms with van der Waals surface area (Å²) in [6.07, 6.45) is -0.115. The molecular formula is C34H36Cl2F7N8O14PS. The van der Waals surface area contributed by atoms with Gasteiger partial charge in [-0.2, -0.15) is 41.0 Å². The van der Waals surface area contributed by atoms with Crippen molar-refractivity contribution in [2.45, 2.75) is 62.8 Å². The summed E-state index contributed by atoms with van der Waals surface area (Å²) >= 11 is 11.9. The van der Waals surface area contributed by atoms with Gasteiger partial charge in [0.2, 0.25) is 17.7 Å². The largest absolute Gasteiger partial charge is 0.480 e. The molecule has 3 unspecified atom stereocenters. The predicted molar refractivity (Wildman–Crippen MR) is 218 cm³/mol. The number of aromatic nitrogens is 5. The summed E-state index contributed by atoms with van der Waals surface area (Å²) < 4.78 is 139. The molecule has 0 saturated carbocycles. The molecule has 370 valence electrons. The Balaban J connectivity index is 0.000000380. The molecule has 0 bridgehead atoms. The number of nitrogens with zero attached hydrogens (tertiary/aromatic N) is 5. The first-order valence-corrected chi connectivity index (χ1v) is 22.5. The van der Waals surface area contributed by atoms with Gasteiger partial charge in [-0.05, 0) is 50.1 Å². The Kier molecular flexibility index (Phi) is 21.4. The van der Waals surface area contributed by atoms with Crippen LogP contribution in [-0.4, -0.2) is 116 Å². The second-order valence-corrected chi connectivity index (χ2v) is 17.8. The van der Waals surface area contributed by atoms with E-state index in [0.29, 0.717) is 10.7 Å². The van der Waals surface area contributed by atoms with E-state index >= 15 is 0 Å². The number of hydrogen-bond donors (Lipinski definition) is 6. The molecule has 0 spiro atoms. The lowest BCUT2D eigenvalue weighted by Gasteiger charge is -2.12. The summed E-state index contributed by atoms with van der Waals surface area (Å²) in [5.41, 5.74) is 3.08. The summed E-state index contributed by atoms with van der Waals surface area (Å²) in [6.45, 7) is -5.83. The molecule has 0 aliphatic rings. The first kappa shape index (κ1) is 57.1. The molecule has 0 aliphatic carbocycles. The predicted octanol–water partition coefficient (Wildman–Crippen LogP) is 4.82. The highest BCUT2D eigenvalue weighted by molar-refractivity contribution is 7.90. The Bertz CT molecular complexity index is 2600. The average molecular weight is 1050 g/mol. The average Bonchev–Trinajstić information content (AvgIpc) is 3.50. The van der Waals surface area contributed by atoms with E-state index in [4.69, 9.17) is 48.8 Å². The summed E-state index contributed by atoms with van der Waals surface area (Å²) in [5.74, 6) is -7.52. The van der Waals surface area contributed by atoms with Gasteiger partial charge in [-0.15, -0.1) is 16.7 Å². The lowest BCUT2D eigenvalue weighted by molar-refractivity contribution is -0.142. The van der Waals surface area contributed by atoms with Crippen molar-refractivity contribution in [1.29, 1.82) is 0 Å². The van der Waals surface area contributed by atoms with Gasteiger partial charge in [-0.25, -0.2) is 36.5 Å². The number of carbonyl (C=O) groups excluding carboxylic acids is 2. The Morgan fingerprint density at radius 3 is 2.03 bits per heavy atom. The maximum Gasteiger partial charge on any atom is 0.388 e. The number of urea groups is 1. The highest BCUT2D eigenvalue weighted by atomic mass is 35.5. The molecule has 7 N–H and O–H groups in total. The summed E-state index contributed by atoms with van der Waals surface area (Å²) in [7, 11) is -7.82. The zero-order chi connectivity index (χ0) is 51.1. The third-order valence-electron chi connectivity index (χ3n) is 7.59. The van der Waals surface area contributed by atoms with Crippen LogP contribution in [0, 0.1) is 12.7 Å². The molecule has 2 amide bonds. The fraction of sp³-hybridized carbons (Fsp3) is 0.353. The SMILES string of the molecule is CCOC(=O)C(Cl)Cc1cc(-n2nc(C)n(C(F)F)c2=O)c(F)cc1Cl.CP(=O)(O)CCC(N)C(=O)O.O=C(Nc1nc(OC(F)F)cc(OC(F)F)n1)NS(=O)(=O)c1ccccc1C(=O)O. The van der Waals surface area contributed by atoms with E-state index in [9.17, 15) is 67.7 Å². The number of hydrogen-bond acceptors (Lipinski definition) is 15. The number of amides is 2. The number of aryl methyl sites for hydroxylation is 1. The van der Waals surface area contributed by atoms with Crippen molar-refractivity contribution in [3.8, 4) is 17.4 Å².